The maximum atomic E-state index is 5.87. The van der Waals surface area contributed by atoms with Crippen LogP contribution in [-0.4, -0.2) is 5.88 Å². The monoisotopic (exact) mass is 174 g/mol. The van der Waals surface area contributed by atoms with Gasteiger partial charge in [-0.15, -0.1) is 11.6 Å². The molecule has 1 saturated carbocycles. The van der Waals surface area contributed by atoms with Gasteiger partial charge in [0, 0.05) is 5.88 Å². The lowest BCUT2D eigenvalue weighted by Crippen LogP contribution is -2.17. The van der Waals surface area contributed by atoms with Gasteiger partial charge in [-0.3, -0.25) is 0 Å². The first kappa shape index (κ1) is 9.38. The minimum Gasteiger partial charge on any atom is -0.126 e. The predicted molar refractivity (Wildman–Crippen MR) is 51.1 cm³/mol. The fraction of sp³-hybridized carbons (Fsp3) is 1.00. The molecule has 0 atom stereocenters. The Bertz CT molecular complexity index is 112. The molecule has 1 rings (SSSR count). The third-order valence-corrected chi connectivity index (χ3v) is 3.40. The molecule has 0 saturated heterocycles. The fourth-order valence-electron chi connectivity index (χ4n) is 2.05. The fourth-order valence-corrected chi connectivity index (χ4v) is 2.16. The van der Waals surface area contributed by atoms with Crippen molar-refractivity contribution in [2.24, 2.45) is 11.3 Å². The zero-order valence-corrected chi connectivity index (χ0v) is 8.45. The first-order chi connectivity index (χ1) is 5.14. The second-order valence-corrected chi connectivity index (χ2v) is 4.92. The van der Waals surface area contributed by atoms with Crippen LogP contribution in [0.4, 0.5) is 0 Å². The van der Waals surface area contributed by atoms with Crippen molar-refractivity contribution in [3.05, 3.63) is 0 Å². The van der Waals surface area contributed by atoms with E-state index >= 15 is 0 Å². The molecule has 0 aromatic carbocycles. The number of rotatable bonds is 3. The third kappa shape index (κ3) is 3.02. The topological polar surface area (TPSA) is 0 Å². The molecule has 0 nitrogen and oxygen atoms in total. The molecule has 0 radical (unpaired) electrons. The summed E-state index contributed by atoms with van der Waals surface area (Å²) in [4.78, 5) is 0. The Morgan fingerprint density at radius 1 is 1.27 bits per heavy atom. The summed E-state index contributed by atoms with van der Waals surface area (Å²) in [6.07, 6.45) is 7.11. The molecule has 11 heavy (non-hydrogen) atoms. The lowest BCUT2D eigenvalue weighted by molar-refractivity contribution is 0.301. The quantitative estimate of drug-likeness (QED) is 0.571. The van der Waals surface area contributed by atoms with E-state index in [9.17, 15) is 0 Å². The first-order valence-electron chi connectivity index (χ1n) is 4.70. The molecule has 1 aliphatic carbocycles. The lowest BCUT2D eigenvalue weighted by Gasteiger charge is -2.24. The van der Waals surface area contributed by atoms with Gasteiger partial charge in [0.1, 0.15) is 0 Å². The molecule has 0 aromatic rings. The molecule has 0 heterocycles. The molecule has 0 amide bonds. The highest BCUT2D eigenvalue weighted by molar-refractivity contribution is 6.18. The van der Waals surface area contributed by atoms with E-state index in [0.717, 1.165) is 11.8 Å². The normalized spacial score (nSPS) is 21.0. The van der Waals surface area contributed by atoms with Gasteiger partial charge < -0.3 is 0 Å². The first-order valence-corrected chi connectivity index (χ1v) is 5.23. The van der Waals surface area contributed by atoms with Crippen molar-refractivity contribution < 1.29 is 0 Å². The minimum absolute atomic E-state index is 0.372. The van der Waals surface area contributed by atoms with E-state index in [1.54, 1.807) is 0 Å². The lowest BCUT2D eigenvalue weighted by atomic mass is 9.84. The Labute approximate surface area is 75.3 Å². The summed E-state index contributed by atoms with van der Waals surface area (Å²) in [5.41, 5.74) is 0.372. The van der Waals surface area contributed by atoms with E-state index in [4.69, 9.17) is 11.6 Å². The van der Waals surface area contributed by atoms with Crippen molar-refractivity contribution in [3.8, 4) is 0 Å². The highest BCUT2D eigenvalue weighted by Gasteiger charge is 2.24. The molecular weight excluding hydrogens is 156 g/mol. The molecule has 0 bridgehead atoms. The van der Waals surface area contributed by atoms with Gasteiger partial charge in [0.05, 0.1) is 0 Å². The van der Waals surface area contributed by atoms with Crippen LogP contribution in [0.2, 0.25) is 0 Å². The van der Waals surface area contributed by atoms with Crippen molar-refractivity contribution >= 4 is 11.6 Å². The van der Waals surface area contributed by atoms with E-state index < -0.39 is 0 Å². The SMILES string of the molecule is CC(C)(CCl)CC1CCCC1. The summed E-state index contributed by atoms with van der Waals surface area (Å²) in [7, 11) is 0. The van der Waals surface area contributed by atoms with Crippen molar-refractivity contribution in [2.45, 2.75) is 46.0 Å². The van der Waals surface area contributed by atoms with Crippen LogP contribution in [0.1, 0.15) is 46.0 Å². The van der Waals surface area contributed by atoms with Crippen molar-refractivity contribution in [2.75, 3.05) is 5.88 Å². The summed E-state index contributed by atoms with van der Waals surface area (Å²) < 4.78 is 0. The van der Waals surface area contributed by atoms with Gasteiger partial charge in [-0.05, 0) is 17.8 Å². The molecular formula is C10H19Cl. The van der Waals surface area contributed by atoms with Gasteiger partial charge >= 0.3 is 0 Å². The third-order valence-electron chi connectivity index (χ3n) is 2.68. The summed E-state index contributed by atoms with van der Waals surface area (Å²) in [6.45, 7) is 4.55. The zero-order valence-electron chi connectivity index (χ0n) is 7.70. The minimum atomic E-state index is 0.372. The second kappa shape index (κ2) is 3.80. The average molecular weight is 175 g/mol. The summed E-state index contributed by atoms with van der Waals surface area (Å²) in [6, 6.07) is 0. The molecule has 1 aliphatic rings. The van der Waals surface area contributed by atoms with Crippen LogP contribution in [0, 0.1) is 11.3 Å². The van der Waals surface area contributed by atoms with Crippen LogP contribution in [0.25, 0.3) is 0 Å². The highest BCUT2D eigenvalue weighted by Crippen LogP contribution is 2.35. The Kier molecular flexibility index (Phi) is 3.24. The Balaban J connectivity index is 2.28. The van der Waals surface area contributed by atoms with Crippen molar-refractivity contribution in [3.63, 3.8) is 0 Å². The predicted octanol–water partition coefficient (Wildman–Crippen LogP) is 3.83. The molecule has 1 fully saturated rings. The molecule has 1 heteroatoms. The van der Waals surface area contributed by atoms with Crippen LogP contribution < -0.4 is 0 Å². The van der Waals surface area contributed by atoms with Gasteiger partial charge in [0.2, 0.25) is 0 Å². The summed E-state index contributed by atoms with van der Waals surface area (Å²) >= 11 is 5.87. The van der Waals surface area contributed by atoms with E-state index in [2.05, 4.69) is 13.8 Å². The van der Waals surface area contributed by atoms with Crippen molar-refractivity contribution in [1.82, 2.24) is 0 Å². The number of hydrogen-bond donors (Lipinski definition) is 0. The Morgan fingerprint density at radius 2 is 1.82 bits per heavy atom. The molecule has 0 unspecified atom stereocenters. The largest absolute Gasteiger partial charge is 0.126 e. The molecule has 66 valence electrons. The van der Waals surface area contributed by atoms with Gasteiger partial charge in [0.15, 0.2) is 0 Å². The molecule has 0 spiro atoms. The van der Waals surface area contributed by atoms with Gasteiger partial charge in [-0.25, -0.2) is 0 Å². The molecule has 0 aromatic heterocycles. The number of hydrogen-bond acceptors (Lipinski definition) is 0. The molecule has 0 N–H and O–H groups in total. The Hall–Kier alpha value is 0.290. The van der Waals surface area contributed by atoms with E-state index in [1.807, 2.05) is 0 Å². The van der Waals surface area contributed by atoms with Crippen LogP contribution in [-0.2, 0) is 0 Å². The van der Waals surface area contributed by atoms with E-state index in [0.29, 0.717) is 5.41 Å². The maximum Gasteiger partial charge on any atom is 0.0274 e. The van der Waals surface area contributed by atoms with Gasteiger partial charge in [-0.2, -0.15) is 0 Å². The smallest absolute Gasteiger partial charge is 0.0274 e. The van der Waals surface area contributed by atoms with E-state index in [-0.39, 0.29) is 0 Å². The zero-order chi connectivity index (χ0) is 8.32. The average Bonchev–Trinajstić information content (AvgIpc) is 2.39. The number of halogens is 1. The summed E-state index contributed by atoms with van der Waals surface area (Å²) in [5.74, 6) is 1.78. The van der Waals surface area contributed by atoms with Crippen molar-refractivity contribution in [1.29, 1.82) is 0 Å². The second-order valence-electron chi connectivity index (χ2n) is 4.65. The maximum absolute atomic E-state index is 5.87. The van der Waals surface area contributed by atoms with Gasteiger partial charge in [0.25, 0.3) is 0 Å². The van der Waals surface area contributed by atoms with Crippen LogP contribution in [0.3, 0.4) is 0 Å². The standard InChI is InChI=1S/C10H19Cl/c1-10(2,8-11)7-9-5-3-4-6-9/h9H,3-8H2,1-2H3. The van der Waals surface area contributed by atoms with Gasteiger partial charge in [-0.1, -0.05) is 39.5 Å². The highest BCUT2D eigenvalue weighted by atomic mass is 35.5. The van der Waals surface area contributed by atoms with E-state index in [1.165, 1.54) is 32.1 Å². The number of alkyl halides is 1. The summed E-state index contributed by atoms with van der Waals surface area (Å²) in [5, 5.41) is 0. The van der Waals surface area contributed by atoms with Crippen LogP contribution >= 0.6 is 11.6 Å². The Morgan fingerprint density at radius 3 is 2.27 bits per heavy atom. The van der Waals surface area contributed by atoms with Crippen LogP contribution in [0.5, 0.6) is 0 Å². The molecule has 0 aliphatic heterocycles. The van der Waals surface area contributed by atoms with Crippen LogP contribution in [0.15, 0.2) is 0 Å².